The molecule has 2 N–H and O–H groups in total. The van der Waals surface area contributed by atoms with Crippen LogP contribution in [-0.2, 0) is 9.59 Å². The fourth-order valence-electron chi connectivity index (χ4n) is 4.43. The number of imide groups is 1. The van der Waals surface area contributed by atoms with E-state index in [4.69, 9.17) is 0 Å². The van der Waals surface area contributed by atoms with Gasteiger partial charge in [-0.05, 0) is 30.4 Å². The number of benzene rings is 2. The maximum absolute atomic E-state index is 13.0. The van der Waals surface area contributed by atoms with Gasteiger partial charge in [-0.25, -0.2) is 4.79 Å². The van der Waals surface area contributed by atoms with Crippen molar-refractivity contribution < 1.29 is 14.4 Å². The minimum atomic E-state index is -0.850. The molecule has 2 aliphatic rings. The van der Waals surface area contributed by atoms with Gasteiger partial charge in [-0.3, -0.25) is 14.5 Å². The van der Waals surface area contributed by atoms with Crippen molar-refractivity contribution >= 4 is 23.5 Å². The number of hydrogen-bond donors (Lipinski definition) is 2. The molecule has 6 nitrogen and oxygen atoms in total. The van der Waals surface area contributed by atoms with Crippen molar-refractivity contribution in [3.63, 3.8) is 0 Å². The molecule has 0 bridgehead atoms. The predicted molar refractivity (Wildman–Crippen MR) is 111 cm³/mol. The molecule has 1 heterocycles. The van der Waals surface area contributed by atoms with Crippen LogP contribution >= 0.6 is 0 Å². The summed E-state index contributed by atoms with van der Waals surface area (Å²) in [5, 5.41) is 5.75. The van der Waals surface area contributed by atoms with E-state index in [1.807, 2.05) is 61.5 Å². The summed E-state index contributed by atoms with van der Waals surface area (Å²) in [6, 6.07) is 16.8. The molecule has 0 radical (unpaired) electrons. The molecule has 1 aliphatic heterocycles. The quantitative estimate of drug-likeness (QED) is 0.779. The van der Waals surface area contributed by atoms with Crippen molar-refractivity contribution in [1.29, 1.82) is 0 Å². The standard InChI is InChI=1S/C23H25N3O3/c1-16-9-7-8-14-23(16)21(28)26(22(29)25-23)15-20(27)24-19-13-6-5-12-18(19)17-10-3-2-4-11-17/h2-6,10-13,16H,7-9,14-15H2,1H3,(H,24,27)(H,25,29)/t16-,23+/m1/s1. The lowest BCUT2D eigenvalue weighted by molar-refractivity contribution is -0.136. The fraction of sp³-hybridized carbons (Fsp3) is 0.348. The van der Waals surface area contributed by atoms with Gasteiger partial charge in [0, 0.05) is 11.3 Å². The Morgan fingerprint density at radius 3 is 2.59 bits per heavy atom. The average Bonchev–Trinajstić information content (AvgIpc) is 2.96. The van der Waals surface area contributed by atoms with Crippen LogP contribution in [0, 0.1) is 5.92 Å². The number of rotatable bonds is 4. The highest BCUT2D eigenvalue weighted by Crippen LogP contribution is 2.38. The third kappa shape index (κ3) is 3.50. The molecule has 4 rings (SSSR count). The maximum Gasteiger partial charge on any atom is 0.325 e. The lowest BCUT2D eigenvalue weighted by atomic mass is 9.73. The largest absolute Gasteiger partial charge is 0.325 e. The van der Waals surface area contributed by atoms with Crippen molar-refractivity contribution in [2.45, 2.75) is 38.1 Å². The van der Waals surface area contributed by atoms with E-state index in [9.17, 15) is 14.4 Å². The molecule has 29 heavy (non-hydrogen) atoms. The molecule has 2 aromatic rings. The summed E-state index contributed by atoms with van der Waals surface area (Å²) in [4.78, 5) is 39.3. The molecular formula is C23H25N3O3. The Morgan fingerprint density at radius 1 is 1.10 bits per heavy atom. The van der Waals surface area contributed by atoms with Gasteiger partial charge in [0.2, 0.25) is 5.91 Å². The zero-order chi connectivity index (χ0) is 20.4. The van der Waals surface area contributed by atoms with Crippen LogP contribution in [-0.4, -0.2) is 34.8 Å². The third-order valence-corrected chi connectivity index (χ3v) is 6.09. The molecule has 150 valence electrons. The highest BCUT2D eigenvalue weighted by molar-refractivity contribution is 6.10. The molecule has 4 amide bonds. The smallest absolute Gasteiger partial charge is 0.324 e. The Labute approximate surface area is 170 Å². The summed E-state index contributed by atoms with van der Waals surface area (Å²) in [7, 11) is 0. The number of urea groups is 1. The molecule has 2 aromatic carbocycles. The predicted octanol–water partition coefficient (Wildman–Crippen LogP) is 3.79. The van der Waals surface area contributed by atoms with Gasteiger partial charge in [0.05, 0.1) is 0 Å². The number of carbonyl (C=O) groups is 3. The second-order valence-corrected chi connectivity index (χ2v) is 7.90. The first kappa shape index (κ1) is 19.2. The lowest BCUT2D eigenvalue weighted by Gasteiger charge is -2.36. The topological polar surface area (TPSA) is 78.5 Å². The first-order chi connectivity index (χ1) is 14.0. The molecule has 1 spiro atoms. The van der Waals surface area contributed by atoms with Gasteiger partial charge in [-0.2, -0.15) is 0 Å². The van der Waals surface area contributed by atoms with Crippen molar-refractivity contribution in [3.05, 3.63) is 54.6 Å². The lowest BCUT2D eigenvalue weighted by Crippen LogP contribution is -2.54. The van der Waals surface area contributed by atoms with E-state index >= 15 is 0 Å². The minimum absolute atomic E-state index is 0.0690. The normalized spacial score (nSPS) is 23.9. The van der Waals surface area contributed by atoms with Crippen molar-refractivity contribution in [3.8, 4) is 11.1 Å². The van der Waals surface area contributed by atoms with Gasteiger partial charge >= 0.3 is 6.03 Å². The van der Waals surface area contributed by atoms with Gasteiger partial charge in [-0.1, -0.05) is 68.3 Å². The maximum atomic E-state index is 13.0. The average molecular weight is 391 g/mol. The molecule has 2 atom stereocenters. The van der Waals surface area contributed by atoms with Crippen molar-refractivity contribution in [2.24, 2.45) is 5.92 Å². The summed E-state index contributed by atoms with van der Waals surface area (Å²) < 4.78 is 0. The summed E-state index contributed by atoms with van der Waals surface area (Å²) in [5.41, 5.74) is 1.67. The van der Waals surface area contributed by atoms with Crippen molar-refractivity contribution in [1.82, 2.24) is 10.2 Å². The number of nitrogens with one attached hydrogen (secondary N) is 2. The van der Waals surface area contributed by atoms with Crippen LogP contribution in [0.1, 0.15) is 32.6 Å². The van der Waals surface area contributed by atoms with Gasteiger partial charge < -0.3 is 10.6 Å². The van der Waals surface area contributed by atoms with E-state index in [-0.39, 0.29) is 18.4 Å². The summed E-state index contributed by atoms with van der Waals surface area (Å²) in [5.74, 6) is -0.599. The molecular weight excluding hydrogens is 366 g/mol. The summed E-state index contributed by atoms with van der Waals surface area (Å²) >= 11 is 0. The first-order valence-electron chi connectivity index (χ1n) is 10.1. The van der Waals surface area contributed by atoms with E-state index in [0.29, 0.717) is 12.1 Å². The molecule has 0 unspecified atom stereocenters. The van der Waals surface area contributed by atoms with Crippen LogP contribution in [0.4, 0.5) is 10.5 Å². The zero-order valence-electron chi connectivity index (χ0n) is 16.5. The Hall–Kier alpha value is -3.15. The summed E-state index contributed by atoms with van der Waals surface area (Å²) in [6.45, 7) is 1.71. The van der Waals surface area contributed by atoms with Gasteiger partial charge in [-0.15, -0.1) is 0 Å². The van der Waals surface area contributed by atoms with Gasteiger partial charge in [0.25, 0.3) is 5.91 Å². The Kier molecular flexibility index (Phi) is 5.09. The molecule has 1 saturated carbocycles. The number of anilines is 1. The Bertz CT molecular complexity index is 943. The summed E-state index contributed by atoms with van der Waals surface area (Å²) in [6.07, 6.45) is 3.49. The van der Waals surface area contributed by atoms with Crippen LogP contribution < -0.4 is 10.6 Å². The number of nitrogens with zero attached hydrogens (tertiary/aromatic N) is 1. The van der Waals surface area contributed by atoms with E-state index in [1.54, 1.807) is 0 Å². The first-order valence-corrected chi connectivity index (χ1v) is 10.1. The third-order valence-electron chi connectivity index (χ3n) is 6.09. The molecule has 0 aromatic heterocycles. The highest BCUT2D eigenvalue weighted by atomic mass is 16.2. The SMILES string of the molecule is C[C@@H]1CCCC[C@]12NC(=O)N(CC(=O)Nc1ccccc1-c1ccccc1)C2=O. The number of carbonyl (C=O) groups excluding carboxylic acids is 3. The molecule has 1 aliphatic carbocycles. The van der Waals surface area contributed by atoms with Gasteiger partial charge in [0.15, 0.2) is 0 Å². The van der Waals surface area contributed by atoms with Crippen LogP contribution in [0.2, 0.25) is 0 Å². The molecule has 2 fully saturated rings. The van der Waals surface area contributed by atoms with Crippen molar-refractivity contribution in [2.75, 3.05) is 11.9 Å². The van der Waals surface area contributed by atoms with E-state index in [0.717, 1.165) is 35.3 Å². The van der Waals surface area contributed by atoms with Crippen LogP contribution in [0.25, 0.3) is 11.1 Å². The van der Waals surface area contributed by atoms with Crippen LogP contribution in [0.15, 0.2) is 54.6 Å². The monoisotopic (exact) mass is 391 g/mol. The second-order valence-electron chi connectivity index (χ2n) is 7.90. The van der Waals surface area contributed by atoms with E-state index in [2.05, 4.69) is 10.6 Å². The Morgan fingerprint density at radius 2 is 1.83 bits per heavy atom. The molecule has 1 saturated heterocycles. The number of para-hydroxylation sites is 1. The van der Waals surface area contributed by atoms with Crippen LogP contribution in [0.3, 0.4) is 0 Å². The highest BCUT2D eigenvalue weighted by Gasteiger charge is 2.55. The number of amides is 4. The zero-order valence-corrected chi connectivity index (χ0v) is 16.5. The van der Waals surface area contributed by atoms with Gasteiger partial charge in [0.1, 0.15) is 12.1 Å². The second kappa shape index (κ2) is 7.70. The number of hydrogen-bond acceptors (Lipinski definition) is 3. The fourth-order valence-corrected chi connectivity index (χ4v) is 4.43. The minimum Gasteiger partial charge on any atom is -0.324 e. The van der Waals surface area contributed by atoms with Crippen LogP contribution in [0.5, 0.6) is 0 Å². The Balaban J connectivity index is 1.50. The van der Waals surface area contributed by atoms with E-state index in [1.165, 1.54) is 0 Å². The van der Waals surface area contributed by atoms with E-state index < -0.39 is 17.5 Å². The molecule has 6 heteroatoms.